The Hall–Kier alpha value is -5.14. The number of aliphatic carboxylic acids is 1. The van der Waals surface area contributed by atoms with Gasteiger partial charge in [-0.25, -0.2) is 9.59 Å². The van der Waals surface area contributed by atoms with Gasteiger partial charge in [-0.05, 0) is 64.9 Å². The Kier molecular flexibility index (Phi) is 14.7. The van der Waals surface area contributed by atoms with E-state index >= 15 is 0 Å². The summed E-state index contributed by atoms with van der Waals surface area (Å²) in [5, 5.41) is 24.1. The van der Waals surface area contributed by atoms with Gasteiger partial charge in [0.2, 0.25) is 0 Å². The molecule has 1 heterocycles. The smallest absolute Gasteiger partial charge is 0.407 e. The van der Waals surface area contributed by atoms with Gasteiger partial charge in [-0.2, -0.15) is 5.26 Å². The van der Waals surface area contributed by atoms with E-state index < -0.39 is 18.1 Å². The summed E-state index contributed by atoms with van der Waals surface area (Å²) in [4.78, 5) is 37.9. The third kappa shape index (κ3) is 11.2. The van der Waals surface area contributed by atoms with Crippen LogP contribution in [-0.2, 0) is 16.0 Å². The second-order valence-electron chi connectivity index (χ2n) is 13.1. The van der Waals surface area contributed by atoms with E-state index in [0.29, 0.717) is 22.9 Å². The Balaban J connectivity index is 0.891. The van der Waals surface area contributed by atoms with Crippen LogP contribution in [0.4, 0.5) is 4.79 Å². The third-order valence-electron chi connectivity index (χ3n) is 9.36. The zero-order chi connectivity index (χ0) is 36.5. The summed E-state index contributed by atoms with van der Waals surface area (Å²) in [6.45, 7) is 1.41. The maximum Gasteiger partial charge on any atom is 0.407 e. The molecule has 1 atom stereocenters. The number of ether oxygens (including phenoxy) is 2. The normalized spacial score (nSPS) is 12.3. The van der Waals surface area contributed by atoms with E-state index in [0.717, 1.165) is 59.3 Å². The Labute approximate surface area is 310 Å². The summed E-state index contributed by atoms with van der Waals surface area (Å²) in [6, 6.07) is 27.8. The summed E-state index contributed by atoms with van der Waals surface area (Å²) in [5.41, 5.74) is 5.22. The summed E-state index contributed by atoms with van der Waals surface area (Å²) in [5.74, 6) is -0.590. The molecular weight excluding hydrogens is 675 g/mol. The van der Waals surface area contributed by atoms with Gasteiger partial charge >= 0.3 is 12.1 Å². The monoisotopic (exact) mass is 721 g/mol. The lowest BCUT2D eigenvalue weighted by Gasteiger charge is -2.17. The number of fused-ring (bicyclic) bond motifs is 3. The fraction of sp³-hybridized carbons (Fsp3) is 0.381. The van der Waals surface area contributed by atoms with Crippen molar-refractivity contribution in [2.24, 2.45) is 0 Å². The summed E-state index contributed by atoms with van der Waals surface area (Å²) in [6.07, 6.45) is 10.8. The van der Waals surface area contributed by atoms with Gasteiger partial charge in [-0.1, -0.05) is 112 Å². The quantitative estimate of drug-likeness (QED) is 0.0731. The van der Waals surface area contributed by atoms with Crippen molar-refractivity contribution >= 4 is 29.3 Å². The van der Waals surface area contributed by atoms with Gasteiger partial charge in [0, 0.05) is 18.9 Å². The van der Waals surface area contributed by atoms with Crippen molar-refractivity contribution in [3.05, 3.63) is 111 Å². The number of carbonyl (C=O) groups excluding carboxylic acids is 2. The molecule has 272 valence electrons. The van der Waals surface area contributed by atoms with Gasteiger partial charge in [-0.15, -0.1) is 11.3 Å². The molecule has 0 saturated carbocycles. The first-order chi connectivity index (χ1) is 25.4. The van der Waals surface area contributed by atoms with Crippen molar-refractivity contribution in [1.29, 1.82) is 5.26 Å². The molecule has 2 amide bonds. The number of carboxylic acids is 1. The number of benzene rings is 3. The molecule has 0 radical (unpaired) electrons. The molecule has 1 aliphatic carbocycles. The highest BCUT2D eigenvalue weighted by Gasteiger charge is 2.30. The minimum atomic E-state index is -1.13. The van der Waals surface area contributed by atoms with E-state index in [2.05, 4.69) is 28.8 Å². The van der Waals surface area contributed by atoms with Crippen molar-refractivity contribution in [3.63, 3.8) is 0 Å². The van der Waals surface area contributed by atoms with Crippen molar-refractivity contribution in [2.45, 2.75) is 82.6 Å². The first-order valence-corrected chi connectivity index (χ1v) is 19.1. The molecule has 4 aromatic rings. The number of hydrogen-bond donors (Lipinski definition) is 3. The van der Waals surface area contributed by atoms with Crippen LogP contribution in [0.1, 0.15) is 101 Å². The fourth-order valence-electron chi connectivity index (χ4n) is 6.58. The van der Waals surface area contributed by atoms with Crippen molar-refractivity contribution in [1.82, 2.24) is 10.6 Å². The second kappa shape index (κ2) is 20.0. The standard InChI is InChI=1S/C42H47N3O6S/c43-28-32-23-24-39(52-32)40(46)44-25-13-7-5-3-1-2-4-6-8-14-26-50-31-21-19-30(20-22-31)27-38(41(47)48)45-42(49)51-29-37-35-17-11-9-15-33(35)34-16-10-12-18-36(34)37/h9-12,15-24,37-38H,1-8,13-14,25-27,29H2,(H,44,46)(H,45,49)(H,47,48). The van der Waals surface area contributed by atoms with Crippen molar-refractivity contribution in [2.75, 3.05) is 19.8 Å². The maximum atomic E-state index is 12.7. The minimum absolute atomic E-state index is 0.0970. The predicted octanol–water partition coefficient (Wildman–Crippen LogP) is 8.86. The number of hydrogen-bond acceptors (Lipinski definition) is 7. The van der Waals surface area contributed by atoms with Crippen LogP contribution in [0.2, 0.25) is 0 Å². The van der Waals surface area contributed by atoms with Gasteiger partial charge in [0.1, 0.15) is 29.3 Å². The number of unbranched alkanes of at least 4 members (excludes halogenated alkanes) is 9. The fourth-order valence-corrected chi connectivity index (χ4v) is 7.30. The van der Waals surface area contributed by atoms with Gasteiger partial charge < -0.3 is 25.2 Å². The molecule has 5 rings (SSSR count). The van der Waals surface area contributed by atoms with Crippen molar-refractivity contribution < 1.29 is 29.0 Å². The zero-order valence-electron chi connectivity index (χ0n) is 29.5. The van der Waals surface area contributed by atoms with E-state index in [1.54, 1.807) is 12.1 Å². The first-order valence-electron chi connectivity index (χ1n) is 18.3. The summed E-state index contributed by atoms with van der Waals surface area (Å²) < 4.78 is 11.5. The van der Waals surface area contributed by atoms with Gasteiger partial charge in [0.25, 0.3) is 5.91 Å². The highest BCUT2D eigenvalue weighted by Crippen LogP contribution is 2.44. The molecule has 0 aliphatic heterocycles. The predicted molar refractivity (Wildman–Crippen MR) is 203 cm³/mol. The maximum absolute atomic E-state index is 12.7. The Bertz CT molecular complexity index is 1770. The molecule has 0 saturated heterocycles. The first kappa shape index (κ1) is 38.1. The van der Waals surface area contributed by atoms with Crippen LogP contribution in [-0.4, -0.2) is 48.9 Å². The van der Waals surface area contributed by atoms with E-state index in [1.165, 1.54) is 49.9 Å². The number of thiophene rings is 1. The van der Waals surface area contributed by atoms with Crippen LogP contribution < -0.4 is 15.4 Å². The third-order valence-corrected chi connectivity index (χ3v) is 10.4. The molecule has 1 aromatic heterocycles. The van der Waals surface area contributed by atoms with Gasteiger partial charge in [-0.3, -0.25) is 4.79 Å². The lowest BCUT2D eigenvalue weighted by atomic mass is 9.98. The van der Waals surface area contributed by atoms with Gasteiger partial charge in [0.15, 0.2) is 0 Å². The molecule has 52 heavy (non-hydrogen) atoms. The molecule has 3 N–H and O–H groups in total. The molecule has 10 heteroatoms. The largest absolute Gasteiger partial charge is 0.494 e. The number of nitrogens with zero attached hydrogens (tertiary/aromatic N) is 1. The average molecular weight is 722 g/mol. The highest BCUT2D eigenvalue weighted by atomic mass is 32.1. The number of rotatable bonds is 21. The second-order valence-corrected chi connectivity index (χ2v) is 14.2. The van der Waals surface area contributed by atoms with Crippen LogP contribution in [0.3, 0.4) is 0 Å². The zero-order valence-corrected chi connectivity index (χ0v) is 30.3. The number of nitriles is 1. The number of carboxylic acid groups (broad SMARTS) is 1. The Morgan fingerprint density at radius 2 is 1.37 bits per heavy atom. The average Bonchev–Trinajstić information content (AvgIpc) is 3.77. The summed E-state index contributed by atoms with van der Waals surface area (Å²) in [7, 11) is 0. The van der Waals surface area contributed by atoms with Crippen LogP contribution in [0.5, 0.6) is 5.75 Å². The molecule has 9 nitrogen and oxygen atoms in total. The van der Waals surface area contributed by atoms with Crippen LogP contribution in [0.25, 0.3) is 11.1 Å². The Morgan fingerprint density at radius 1 is 0.769 bits per heavy atom. The molecule has 1 aliphatic rings. The molecule has 3 aromatic carbocycles. The molecular formula is C42H47N3O6S. The van der Waals surface area contributed by atoms with Crippen molar-refractivity contribution in [3.8, 4) is 22.9 Å². The molecule has 0 bridgehead atoms. The minimum Gasteiger partial charge on any atom is -0.494 e. The van der Waals surface area contributed by atoms with Crippen LogP contribution in [0, 0.1) is 11.3 Å². The molecule has 0 fully saturated rings. The summed E-state index contributed by atoms with van der Waals surface area (Å²) >= 11 is 1.22. The number of alkyl carbamates (subject to hydrolysis) is 1. The Morgan fingerprint density at radius 3 is 1.96 bits per heavy atom. The van der Waals surface area contributed by atoms with E-state index in [4.69, 9.17) is 14.7 Å². The lowest BCUT2D eigenvalue weighted by Crippen LogP contribution is -2.42. The topological polar surface area (TPSA) is 138 Å². The SMILES string of the molecule is N#Cc1ccc(C(=O)NCCCCCCCCCCCCOc2ccc(CC(NC(=O)OCC3c4ccccc4-c4ccccc43)C(=O)O)cc2)s1. The van der Waals surface area contributed by atoms with E-state index in [9.17, 15) is 19.5 Å². The number of nitrogens with one attached hydrogen (secondary N) is 2. The lowest BCUT2D eigenvalue weighted by molar-refractivity contribution is -0.139. The van der Waals surface area contributed by atoms with E-state index in [1.807, 2.05) is 60.7 Å². The highest BCUT2D eigenvalue weighted by molar-refractivity contribution is 7.14. The molecule has 1 unspecified atom stereocenters. The number of carbonyl (C=O) groups is 3. The number of amides is 2. The van der Waals surface area contributed by atoms with E-state index in [-0.39, 0.29) is 24.9 Å². The van der Waals surface area contributed by atoms with Gasteiger partial charge in [0.05, 0.1) is 11.5 Å². The molecule has 0 spiro atoms. The van der Waals surface area contributed by atoms with Crippen LogP contribution in [0.15, 0.2) is 84.9 Å². The van der Waals surface area contributed by atoms with Crippen LogP contribution >= 0.6 is 11.3 Å².